The van der Waals surface area contributed by atoms with E-state index in [0.717, 1.165) is 5.56 Å². The molecular weight excluding hydrogens is 231 g/mol. The standard InChI is InChI=1S/C14H11O2P/c15-14(11-6-2-1-3-7-11)13-9-5-4-8-12(13)10-17-16/h1-9H,10H2/p+1. The van der Waals surface area contributed by atoms with Crippen molar-refractivity contribution >= 4 is 14.2 Å². The fourth-order valence-electron chi connectivity index (χ4n) is 1.72. The molecule has 0 aliphatic rings. The topological polar surface area (TPSA) is 34.1 Å². The monoisotopic (exact) mass is 243 g/mol. The summed E-state index contributed by atoms with van der Waals surface area (Å²) in [6, 6.07) is 16.5. The summed E-state index contributed by atoms with van der Waals surface area (Å²) < 4.78 is 10.7. The first kappa shape index (κ1) is 11.7. The smallest absolute Gasteiger partial charge is 0.289 e. The third kappa shape index (κ3) is 2.66. The molecule has 2 rings (SSSR count). The van der Waals surface area contributed by atoms with Crippen molar-refractivity contribution in [1.29, 1.82) is 0 Å². The Balaban J connectivity index is 2.40. The van der Waals surface area contributed by atoms with E-state index >= 15 is 0 Å². The molecule has 0 bridgehead atoms. The van der Waals surface area contributed by atoms with Gasteiger partial charge in [-0.15, -0.1) is 0 Å². The van der Waals surface area contributed by atoms with Gasteiger partial charge in [0.1, 0.15) is 0 Å². The number of benzene rings is 2. The van der Waals surface area contributed by atoms with Crippen molar-refractivity contribution in [3.8, 4) is 0 Å². The van der Waals surface area contributed by atoms with Crippen molar-refractivity contribution in [3.63, 3.8) is 0 Å². The Bertz CT molecular complexity index is 535. The Morgan fingerprint density at radius 2 is 1.59 bits per heavy atom. The minimum Gasteiger partial charge on any atom is -0.289 e. The fourth-order valence-corrected chi connectivity index (χ4v) is 2.18. The summed E-state index contributed by atoms with van der Waals surface area (Å²) in [7, 11) is -0.420. The molecule has 1 atom stereocenters. The van der Waals surface area contributed by atoms with Crippen LogP contribution in [0, 0.1) is 0 Å². The SMILES string of the molecule is O=[PH+]Cc1ccccc1C(=O)c1ccccc1. The minimum atomic E-state index is -0.420. The summed E-state index contributed by atoms with van der Waals surface area (Å²) in [5, 5.41) is 0. The van der Waals surface area contributed by atoms with Gasteiger partial charge in [0.15, 0.2) is 11.9 Å². The van der Waals surface area contributed by atoms with Crippen molar-refractivity contribution in [3.05, 3.63) is 71.3 Å². The maximum atomic E-state index is 12.2. The number of hydrogen-bond donors (Lipinski definition) is 0. The van der Waals surface area contributed by atoms with Gasteiger partial charge in [0.05, 0.1) is 0 Å². The summed E-state index contributed by atoms with van der Waals surface area (Å²) in [4.78, 5) is 12.2. The summed E-state index contributed by atoms with van der Waals surface area (Å²) in [6.45, 7) is 0. The lowest BCUT2D eigenvalue weighted by Crippen LogP contribution is -2.04. The second-order valence-corrected chi connectivity index (χ2v) is 4.32. The number of ketones is 1. The number of hydrogen-bond acceptors (Lipinski definition) is 2. The quantitative estimate of drug-likeness (QED) is 0.609. The molecule has 0 aliphatic heterocycles. The molecule has 0 fully saturated rings. The molecule has 3 heteroatoms. The zero-order valence-corrected chi connectivity index (χ0v) is 10.2. The van der Waals surface area contributed by atoms with Crippen molar-refractivity contribution in [1.82, 2.24) is 0 Å². The first-order valence-corrected chi connectivity index (χ1v) is 6.47. The van der Waals surface area contributed by atoms with Crippen LogP contribution in [0.5, 0.6) is 0 Å². The zero-order valence-electron chi connectivity index (χ0n) is 9.22. The Hall–Kier alpha value is -1.79. The van der Waals surface area contributed by atoms with E-state index < -0.39 is 8.46 Å². The molecule has 0 heterocycles. The molecule has 2 aromatic rings. The lowest BCUT2D eigenvalue weighted by Gasteiger charge is -2.04. The second kappa shape index (κ2) is 5.51. The van der Waals surface area contributed by atoms with Gasteiger partial charge in [0.25, 0.3) is 0 Å². The first-order valence-electron chi connectivity index (χ1n) is 5.35. The molecule has 0 spiro atoms. The molecule has 84 valence electrons. The van der Waals surface area contributed by atoms with Gasteiger partial charge < -0.3 is 0 Å². The second-order valence-electron chi connectivity index (χ2n) is 3.67. The summed E-state index contributed by atoms with van der Waals surface area (Å²) in [6.07, 6.45) is 0.425. The normalized spacial score (nSPS) is 10.4. The van der Waals surface area contributed by atoms with Gasteiger partial charge in [-0.05, 0) is 0 Å². The fraction of sp³-hybridized carbons (Fsp3) is 0.0714. The van der Waals surface area contributed by atoms with E-state index in [0.29, 0.717) is 17.3 Å². The lowest BCUT2D eigenvalue weighted by atomic mass is 9.99. The van der Waals surface area contributed by atoms with Crippen molar-refractivity contribution in [2.75, 3.05) is 0 Å². The molecule has 2 aromatic carbocycles. The van der Waals surface area contributed by atoms with Crippen LogP contribution in [0.25, 0.3) is 0 Å². The molecule has 0 N–H and O–H groups in total. The van der Waals surface area contributed by atoms with E-state index in [9.17, 15) is 9.36 Å². The highest BCUT2D eigenvalue weighted by Gasteiger charge is 2.14. The molecule has 0 radical (unpaired) electrons. The highest BCUT2D eigenvalue weighted by atomic mass is 31.1. The van der Waals surface area contributed by atoms with Crippen LogP contribution < -0.4 is 0 Å². The van der Waals surface area contributed by atoms with Crippen molar-refractivity contribution in [2.45, 2.75) is 6.16 Å². The predicted octanol–water partition coefficient (Wildman–Crippen LogP) is 3.44. The van der Waals surface area contributed by atoms with Crippen LogP contribution in [-0.2, 0) is 10.7 Å². The van der Waals surface area contributed by atoms with Crippen LogP contribution in [0.1, 0.15) is 21.5 Å². The van der Waals surface area contributed by atoms with Gasteiger partial charge in [-0.2, -0.15) is 0 Å². The molecule has 0 aliphatic carbocycles. The van der Waals surface area contributed by atoms with E-state index in [4.69, 9.17) is 0 Å². The van der Waals surface area contributed by atoms with E-state index in [-0.39, 0.29) is 5.78 Å². The van der Waals surface area contributed by atoms with E-state index in [2.05, 4.69) is 0 Å². The van der Waals surface area contributed by atoms with Gasteiger partial charge in [-0.25, -0.2) is 0 Å². The van der Waals surface area contributed by atoms with Crippen LogP contribution in [0.3, 0.4) is 0 Å². The van der Waals surface area contributed by atoms with E-state index in [1.165, 1.54) is 0 Å². The van der Waals surface area contributed by atoms with E-state index in [1.54, 1.807) is 18.2 Å². The molecule has 0 aromatic heterocycles. The van der Waals surface area contributed by atoms with Gasteiger partial charge in [-0.1, -0.05) is 59.2 Å². The molecule has 0 saturated heterocycles. The summed E-state index contributed by atoms with van der Waals surface area (Å²) in [5.74, 6) is -0.0144. The summed E-state index contributed by atoms with van der Waals surface area (Å²) >= 11 is 0. The maximum Gasteiger partial charge on any atom is 0.329 e. The highest BCUT2D eigenvalue weighted by Crippen LogP contribution is 2.18. The van der Waals surface area contributed by atoms with Crippen LogP contribution >= 0.6 is 8.46 Å². The molecular formula is C14H12O2P+. The molecule has 0 amide bonds. The summed E-state index contributed by atoms with van der Waals surface area (Å²) in [5.41, 5.74) is 2.14. The number of carbonyl (C=O) groups excluding carboxylic acids is 1. The zero-order chi connectivity index (χ0) is 12.1. The number of rotatable bonds is 4. The molecule has 0 saturated carbocycles. The highest BCUT2D eigenvalue weighted by molar-refractivity contribution is 7.22. The largest absolute Gasteiger partial charge is 0.329 e. The predicted molar refractivity (Wildman–Crippen MR) is 69.0 cm³/mol. The van der Waals surface area contributed by atoms with Gasteiger partial charge in [0, 0.05) is 16.7 Å². The van der Waals surface area contributed by atoms with Crippen LogP contribution in [-0.4, -0.2) is 5.78 Å². The molecule has 1 unspecified atom stereocenters. The Kier molecular flexibility index (Phi) is 3.79. The molecule has 17 heavy (non-hydrogen) atoms. The Morgan fingerprint density at radius 1 is 0.941 bits per heavy atom. The van der Waals surface area contributed by atoms with Gasteiger partial charge in [-0.3, -0.25) is 4.79 Å². The Morgan fingerprint density at radius 3 is 2.29 bits per heavy atom. The lowest BCUT2D eigenvalue weighted by molar-refractivity contribution is 0.103. The minimum absolute atomic E-state index is 0.0144. The number of carbonyl (C=O) groups is 1. The van der Waals surface area contributed by atoms with Gasteiger partial charge >= 0.3 is 8.46 Å². The van der Waals surface area contributed by atoms with E-state index in [1.807, 2.05) is 36.4 Å². The van der Waals surface area contributed by atoms with Crippen molar-refractivity contribution in [2.24, 2.45) is 0 Å². The maximum absolute atomic E-state index is 12.2. The average Bonchev–Trinajstić information content (AvgIpc) is 2.40. The van der Waals surface area contributed by atoms with Crippen LogP contribution in [0.15, 0.2) is 54.6 Å². The molecule has 2 nitrogen and oxygen atoms in total. The average molecular weight is 243 g/mol. The van der Waals surface area contributed by atoms with Gasteiger partial charge in [0.2, 0.25) is 0 Å². The first-order chi connectivity index (χ1) is 8.33. The third-order valence-electron chi connectivity index (χ3n) is 2.56. The Labute approximate surface area is 101 Å². The van der Waals surface area contributed by atoms with Crippen LogP contribution in [0.2, 0.25) is 0 Å². The van der Waals surface area contributed by atoms with Crippen LogP contribution in [0.4, 0.5) is 0 Å². The van der Waals surface area contributed by atoms with Crippen molar-refractivity contribution < 1.29 is 9.36 Å². The third-order valence-corrected chi connectivity index (χ3v) is 3.09.